The van der Waals surface area contributed by atoms with E-state index in [-0.39, 0.29) is 11.4 Å². The predicted molar refractivity (Wildman–Crippen MR) is 132 cm³/mol. The van der Waals surface area contributed by atoms with Gasteiger partial charge in [0.25, 0.3) is 5.91 Å². The minimum atomic E-state index is -0.309. The molecule has 0 aliphatic carbocycles. The van der Waals surface area contributed by atoms with E-state index in [0.717, 1.165) is 60.5 Å². The molecular formula is C28H31N3O3. The van der Waals surface area contributed by atoms with Crippen molar-refractivity contribution in [2.75, 3.05) is 26.9 Å². The van der Waals surface area contributed by atoms with Crippen LogP contribution in [0.15, 0.2) is 66.6 Å². The zero-order valence-corrected chi connectivity index (χ0v) is 19.9. The molecule has 3 aromatic rings. The molecule has 1 amide bonds. The van der Waals surface area contributed by atoms with Crippen LogP contribution in [-0.4, -0.2) is 47.2 Å². The van der Waals surface area contributed by atoms with E-state index in [1.165, 1.54) is 5.56 Å². The molecule has 0 spiro atoms. The van der Waals surface area contributed by atoms with E-state index in [1.807, 2.05) is 48.0 Å². The van der Waals surface area contributed by atoms with Gasteiger partial charge in [-0.3, -0.25) is 4.79 Å². The zero-order chi connectivity index (χ0) is 23.5. The van der Waals surface area contributed by atoms with E-state index < -0.39 is 0 Å². The Bertz CT molecular complexity index is 1190. The van der Waals surface area contributed by atoms with Crippen molar-refractivity contribution in [1.82, 2.24) is 14.5 Å². The Hall–Kier alpha value is -3.38. The third kappa shape index (κ3) is 4.14. The maximum absolute atomic E-state index is 13.8. The van der Waals surface area contributed by atoms with Crippen LogP contribution < -0.4 is 4.74 Å². The second kappa shape index (κ2) is 9.47. The summed E-state index contributed by atoms with van der Waals surface area (Å²) in [6.07, 6.45) is 9.15. The van der Waals surface area contributed by atoms with Crippen molar-refractivity contribution < 1.29 is 14.3 Å². The van der Waals surface area contributed by atoms with Gasteiger partial charge in [-0.05, 0) is 61.9 Å². The number of hydrogen-bond donors (Lipinski definition) is 0. The number of imidazole rings is 1. The summed E-state index contributed by atoms with van der Waals surface area (Å²) in [5, 5.41) is 0. The number of methoxy groups -OCH3 is 1. The third-order valence-corrected chi connectivity index (χ3v) is 7.03. The van der Waals surface area contributed by atoms with Gasteiger partial charge in [-0.1, -0.05) is 36.4 Å². The Balaban J connectivity index is 1.47. The monoisotopic (exact) mass is 457 g/mol. The third-order valence-electron chi connectivity index (χ3n) is 7.03. The summed E-state index contributed by atoms with van der Waals surface area (Å²) in [7, 11) is 1.67. The van der Waals surface area contributed by atoms with Crippen molar-refractivity contribution in [3.63, 3.8) is 0 Å². The van der Waals surface area contributed by atoms with Crippen LogP contribution in [0.1, 0.15) is 42.5 Å². The highest BCUT2D eigenvalue weighted by Gasteiger charge is 2.44. The fourth-order valence-electron chi connectivity index (χ4n) is 5.28. The molecule has 0 N–H and O–H groups in total. The SMILES string of the molecule is COc1cc(/C=C2\CCCN(C3(c4ccccc4)CCOCC3)C2=O)ccc1-n1cnc(C)c1. The van der Waals surface area contributed by atoms with Gasteiger partial charge in [0.2, 0.25) is 0 Å². The number of piperidine rings is 1. The minimum Gasteiger partial charge on any atom is -0.495 e. The van der Waals surface area contributed by atoms with Crippen molar-refractivity contribution in [2.24, 2.45) is 0 Å². The maximum atomic E-state index is 13.8. The molecular weight excluding hydrogens is 426 g/mol. The normalized spacial score (nSPS) is 19.4. The van der Waals surface area contributed by atoms with E-state index in [1.54, 1.807) is 13.4 Å². The molecule has 5 rings (SSSR count). The summed E-state index contributed by atoms with van der Waals surface area (Å²) in [6, 6.07) is 16.5. The minimum absolute atomic E-state index is 0.130. The number of hydrogen-bond acceptors (Lipinski definition) is 4. The largest absolute Gasteiger partial charge is 0.495 e. The molecule has 0 radical (unpaired) electrons. The van der Waals surface area contributed by atoms with Gasteiger partial charge in [0, 0.05) is 31.5 Å². The Morgan fingerprint density at radius 3 is 2.62 bits per heavy atom. The smallest absolute Gasteiger partial charge is 0.250 e. The van der Waals surface area contributed by atoms with E-state index in [9.17, 15) is 4.79 Å². The van der Waals surface area contributed by atoms with Crippen molar-refractivity contribution in [3.8, 4) is 11.4 Å². The number of benzene rings is 2. The summed E-state index contributed by atoms with van der Waals surface area (Å²) in [6.45, 7) is 4.07. The number of likely N-dealkylation sites (tertiary alicyclic amines) is 1. The first kappa shape index (κ1) is 22.4. The number of aryl methyl sites for hydroxylation is 1. The van der Waals surface area contributed by atoms with Gasteiger partial charge in [0.05, 0.1) is 30.4 Å². The topological polar surface area (TPSA) is 56.6 Å². The van der Waals surface area contributed by atoms with Gasteiger partial charge in [-0.25, -0.2) is 4.98 Å². The number of amides is 1. The molecule has 2 fully saturated rings. The number of aromatic nitrogens is 2. The summed E-state index contributed by atoms with van der Waals surface area (Å²) in [5.74, 6) is 0.877. The van der Waals surface area contributed by atoms with Crippen LogP contribution in [0.5, 0.6) is 5.75 Å². The number of ether oxygens (including phenoxy) is 2. The molecule has 6 nitrogen and oxygen atoms in total. The Labute approximate surface area is 200 Å². The van der Waals surface area contributed by atoms with E-state index >= 15 is 0 Å². The lowest BCUT2D eigenvalue weighted by molar-refractivity contribution is -0.140. The Morgan fingerprint density at radius 2 is 1.91 bits per heavy atom. The van der Waals surface area contributed by atoms with E-state index in [4.69, 9.17) is 9.47 Å². The predicted octanol–water partition coefficient (Wildman–Crippen LogP) is 4.90. The quantitative estimate of drug-likeness (QED) is 0.512. The first-order chi connectivity index (χ1) is 16.6. The van der Waals surface area contributed by atoms with Gasteiger partial charge in [0.1, 0.15) is 5.75 Å². The van der Waals surface area contributed by atoms with Crippen LogP contribution in [0, 0.1) is 6.92 Å². The molecule has 0 saturated carbocycles. The molecule has 0 unspecified atom stereocenters. The summed E-state index contributed by atoms with van der Waals surface area (Å²) in [4.78, 5) is 20.3. The average molecular weight is 458 g/mol. The van der Waals surface area contributed by atoms with Gasteiger partial charge < -0.3 is 18.9 Å². The van der Waals surface area contributed by atoms with Crippen molar-refractivity contribution in [2.45, 2.75) is 38.1 Å². The zero-order valence-electron chi connectivity index (χ0n) is 19.9. The van der Waals surface area contributed by atoms with Gasteiger partial charge in [-0.15, -0.1) is 0 Å². The first-order valence-electron chi connectivity index (χ1n) is 12.0. The summed E-state index contributed by atoms with van der Waals surface area (Å²) in [5.41, 5.74) is 4.57. The van der Waals surface area contributed by atoms with Crippen LogP contribution in [0.25, 0.3) is 11.8 Å². The van der Waals surface area contributed by atoms with Crippen LogP contribution in [0.4, 0.5) is 0 Å². The van der Waals surface area contributed by atoms with Gasteiger partial charge in [0.15, 0.2) is 0 Å². The average Bonchev–Trinajstić information content (AvgIpc) is 3.32. The summed E-state index contributed by atoms with van der Waals surface area (Å²) < 4.78 is 13.3. The standard InChI is InChI=1S/C28H31N3O3/c1-21-19-30(20-29-21)25-11-10-22(18-26(25)33-2)17-23-7-6-14-31(27(23)32)28(12-15-34-16-13-28)24-8-4-3-5-9-24/h3-5,8-11,17-20H,6-7,12-16H2,1-2H3/b23-17+. The number of rotatable bonds is 5. The lowest BCUT2D eigenvalue weighted by Gasteiger charge is -2.48. The Morgan fingerprint density at radius 1 is 1.12 bits per heavy atom. The molecule has 2 aliphatic rings. The highest BCUT2D eigenvalue weighted by atomic mass is 16.5. The molecule has 176 valence electrons. The number of carbonyl (C=O) groups is 1. The van der Waals surface area contributed by atoms with Crippen molar-refractivity contribution in [1.29, 1.82) is 0 Å². The molecule has 1 aromatic heterocycles. The molecule has 2 aromatic carbocycles. The number of carbonyl (C=O) groups excluding carboxylic acids is 1. The van der Waals surface area contributed by atoms with Crippen LogP contribution in [0.3, 0.4) is 0 Å². The fraction of sp³-hybridized carbons (Fsp3) is 0.357. The molecule has 0 bridgehead atoms. The molecule has 0 atom stereocenters. The second-order valence-corrected chi connectivity index (χ2v) is 9.09. The first-order valence-corrected chi connectivity index (χ1v) is 12.0. The maximum Gasteiger partial charge on any atom is 0.250 e. The Kier molecular flexibility index (Phi) is 6.24. The van der Waals surface area contributed by atoms with Crippen LogP contribution in [-0.2, 0) is 15.1 Å². The van der Waals surface area contributed by atoms with Crippen molar-refractivity contribution >= 4 is 12.0 Å². The molecule has 3 heterocycles. The van der Waals surface area contributed by atoms with Gasteiger partial charge in [-0.2, -0.15) is 0 Å². The molecule has 2 aliphatic heterocycles. The lowest BCUT2D eigenvalue weighted by Crippen LogP contribution is -2.54. The lowest BCUT2D eigenvalue weighted by atomic mass is 9.79. The van der Waals surface area contributed by atoms with Gasteiger partial charge >= 0.3 is 0 Å². The van der Waals surface area contributed by atoms with Crippen molar-refractivity contribution in [3.05, 3.63) is 83.4 Å². The van der Waals surface area contributed by atoms with Crippen LogP contribution in [0.2, 0.25) is 0 Å². The van der Waals surface area contributed by atoms with E-state index in [0.29, 0.717) is 13.2 Å². The highest BCUT2D eigenvalue weighted by Crippen LogP contribution is 2.41. The number of nitrogens with zero attached hydrogens (tertiary/aromatic N) is 3. The van der Waals surface area contributed by atoms with Crippen LogP contribution >= 0.6 is 0 Å². The highest BCUT2D eigenvalue weighted by molar-refractivity contribution is 5.99. The molecule has 6 heteroatoms. The molecule has 34 heavy (non-hydrogen) atoms. The second-order valence-electron chi connectivity index (χ2n) is 9.09. The molecule has 2 saturated heterocycles. The fourth-order valence-corrected chi connectivity index (χ4v) is 5.28. The summed E-state index contributed by atoms with van der Waals surface area (Å²) >= 11 is 0. The van der Waals surface area contributed by atoms with E-state index in [2.05, 4.69) is 34.1 Å².